The third-order valence-corrected chi connectivity index (χ3v) is 3.29. The molecule has 2 heterocycles. The first-order valence-corrected chi connectivity index (χ1v) is 5.65. The number of hydrogen-bond acceptors (Lipinski definition) is 3. The van der Waals surface area contributed by atoms with Crippen LogP contribution in [-0.4, -0.2) is 9.97 Å². The summed E-state index contributed by atoms with van der Waals surface area (Å²) < 4.78 is 0.490. The van der Waals surface area contributed by atoms with Crippen LogP contribution in [0.3, 0.4) is 0 Å². The summed E-state index contributed by atoms with van der Waals surface area (Å²) in [6, 6.07) is 3.80. The van der Waals surface area contributed by atoms with Crippen LogP contribution in [0, 0.1) is 11.7 Å². The zero-order valence-corrected chi connectivity index (χ0v) is 9.76. The Hall–Kier alpha value is -0.710. The van der Waals surface area contributed by atoms with Gasteiger partial charge in [-0.1, -0.05) is 11.6 Å². The van der Waals surface area contributed by atoms with Crippen molar-refractivity contribution in [1.29, 1.82) is 0 Å². The normalized spacial score (nSPS) is 10.4. The molecule has 0 unspecified atom stereocenters. The highest BCUT2D eigenvalue weighted by Crippen LogP contribution is 2.31. The molecule has 2 nitrogen and oxygen atoms in total. The standard InChI is InChI=1S/C9H7ClN2S2/c1-5-4-7(12-9(13)11-5)8-6(10)2-3-14-8/h2-4H,1H3,(H,11,12,13). The zero-order chi connectivity index (χ0) is 10.1. The molecule has 0 saturated carbocycles. The molecule has 0 amide bonds. The quantitative estimate of drug-likeness (QED) is 0.770. The number of aromatic amines is 1. The minimum absolute atomic E-state index is 0.490. The van der Waals surface area contributed by atoms with Gasteiger partial charge in [0.05, 0.1) is 15.6 Å². The van der Waals surface area contributed by atoms with Crippen molar-refractivity contribution in [1.82, 2.24) is 9.97 Å². The Balaban J connectivity index is 2.63. The van der Waals surface area contributed by atoms with Crippen molar-refractivity contribution in [3.8, 4) is 10.6 Å². The molecule has 0 fully saturated rings. The Labute approximate surface area is 95.6 Å². The Kier molecular flexibility index (Phi) is 2.67. The largest absolute Gasteiger partial charge is 0.335 e. The summed E-state index contributed by atoms with van der Waals surface area (Å²) >= 11 is 12.6. The van der Waals surface area contributed by atoms with Gasteiger partial charge in [0, 0.05) is 5.69 Å². The van der Waals surface area contributed by atoms with E-state index in [1.807, 2.05) is 24.4 Å². The molecule has 0 atom stereocenters. The summed E-state index contributed by atoms with van der Waals surface area (Å²) in [7, 11) is 0. The van der Waals surface area contributed by atoms with Gasteiger partial charge in [0.1, 0.15) is 0 Å². The maximum absolute atomic E-state index is 6.01. The molecule has 0 aromatic carbocycles. The van der Waals surface area contributed by atoms with E-state index in [2.05, 4.69) is 9.97 Å². The fraction of sp³-hybridized carbons (Fsp3) is 0.111. The predicted molar refractivity (Wildman–Crippen MR) is 62.5 cm³/mol. The van der Waals surface area contributed by atoms with Gasteiger partial charge in [-0.2, -0.15) is 0 Å². The maximum atomic E-state index is 6.01. The average molecular weight is 243 g/mol. The Morgan fingerprint density at radius 1 is 1.57 bits per heavy atom. The molecule has 2 aromatic rings. The van der Waals surface area contributed by atoms with Gasteiger partial charge in [0.2, 0.25) is 0 Å². The van der Waals surface area contributed by atoms with Crippen LogP contribution in [0.15, 0.2) is 17.5 Å². The van der Waals surface area contributed by atoms with Crippen LogP contribution < -0.4 is 0 Å². The molecule has 0 aliphatic rings. The molecule has 72 valence electrons. The van der Waals surface area contributed by atoms with Crippen molar-refractivity contribution in [2.45, 2.75) is 6.92 Å². The summed E-state index contributed by atoms with van der Waals surface area (Å²) in [6.45, 7) is 1.95. The third kappa shape index (κ3) is 1.87. The monoisotopic (exact) mass is 242 g/mol. The number of aryl methyl sites for hydroxylation is 1. The number of thiophene rings is 1. The fourth-order valence-corrected chi connectivity index (χ4v) is 2.55. The number of nitrogens with one attached hydrogen (secondary N) is 1. The highest BCUT2D eigenvalue weighted by Gasteiger charge is 2.06. The summed E-state index contributed by atoms with van der Waals surface area (Å²) in [5.74, 6) is 0. The minimum atomic E-state index is 0.490. The van der Waals surface area contributed by atoms with E-state index in [0.717, 1.165) is 21.3 Å². The van der Waals surface area contributed by atoms with Gasteiger partial charge in [-0.05, 0) is 36.7 Å². The molecule has 2 aromatic heterocycles. The van der Waals surface area contributed by atoms with Crippen molar-refractivity contribution in [3.05, 3.63) is 33.0 Å². The second-order valence-electron chi connectivity index (χ2n) is 2.85. The van der Waals surface area contributed by atoms with Crippen molar-refractivity contribution >= 4 is 35.2 Å². The topological polar surface area (TPSA) is 28.7 Å². The second kappa shape index (κ2) is 3.81. The number of nitrogens with zero attached hydrogens (tertiary/aromatic N) is 1. The van der Waals surface area contributed by atoms with Crippen LogP contribution in [0.25, 0.3) is 10.6 Å². The Bertz CT molecular complexity index is 516. The highest BCUT2D eigenvalue weighted by molar-refractivity contribution is 7.71. The number of aromatic nitrogens is 2. The van der Waals surface area contributed by atoms with Gasteiger partial charge in [0.15, 0.2) is 4.77 Å². The van der Waals surface area contributed by atoms with Crippen LogP contribution in [0.1, 0.15) is 5.69 Å². The molecule has 0 aliphatic carbocycles. The summed E-state index contributed by atoms with van der Waals surface area (Å²) in [5.41, 5.74) is 1.83. The summed E-state index contributed by atoms with van der Waals surface area (Å²) in [6.07, 6.45) is 0. The molecule has 1 N–H and O–H groups in total. The number of hydrogen-bond donors (Lipinski definition) is 1. The second-order valence-corrected chi connectivity index (χ2v) is 4.56. The van der Waals surface area contributed by atoms with E-state index in [9.17, 15) is 0 Å². The van der Waals surface area contributed by atoms with E-state index in [0.29, 0.717) is 4.77 Å². The minimum Gasteiger partial charge on any atom is -0.335 e. The predicted octanol–water partition coefficient (Wildman–Crippen LogP) is 3.83. The molecule has 0 bridgehead atoms. The zero-order valence-electron chi connectivity index (χ0n) is 7.37. The van der Waals surface area contributed by atoms with Crippen LogP contribution in [0.4, 0.5) is 0 Å². The van der Waals surface area contributed by atoms with Crippen LogP contribution >= 0.6 is 35.2 Å². The number of H-pyrrole nitrogens is 1. The van der Waals surface area contributed by atoms with Gasteiger partial charge in [-0.15, -0.1) is 11.3 Å². The molecular formula is C9H7ClN2S2. The fourth-order valence-electron chi connectivity index (χ4n) is 1.17. The third-order valence-electron chi connectivity index (χ3n) is 1.73. The summed E-state index contributed by atoms with van der Waals surface area (Å²) in [5, 5.41) is 2.66. The van der Waals surface area contributed by atoms with Crippen molar-refractivity contribution < 1.29 is 0 Å². The molecule has 0 radical (unpaired) electrons. The lowest BCUT2D eigenvalue weighted by molar-refractivity contribution is 1.08. The SMILES string of the molecule is Cc1cc(-c2sccc2Cl)nc(=S)[nH]1. The molecule has 2 rings (SSSR count). The van der Waals surface area contributed by atoms with Crippen molar-refractivity contribution in [3.63, 3.8) is 0 Å². The number of rotatable bonds is 1. The lowest BCUT2D eigenvalue weighted by Gasteiger charge is -1.99. The number of halogens is 1. The van der Waals surface area contributed by atoms with Gasteiger partial charge >= 0.3 is 0 Å². The van der Waals surface area contributed by atoms with Gasteiger partial charge in [0.25, 0.3) is 0 Å². The van der Waals surface area contributed by atoms with E-state index >= 15 is 0 Å². The van der Waals surface area contributed by atoms with Gasteiger partial charge < -0.3 is 4.98 Å². The molecular weight excluding hydrogens is 236 g/mol. The van der Waals surface area contributed by atoms with Crippen LogP contribution in [0.5, 0.6) is 0 Å². The molecule has 0 aliphatic heterocycles. The van der Waals surface area contributed by atoms with Crippen molar-refractivity contribution in [2.24, 2.45) is 0 Å². The first-order valence-electron chi connectivity index (χ1n) is 3.98. The Morgan fingerprint density at radius 3 is 2.93 bits per heavy atom. The molecule has 0 saturated heterocycles. The molecule has 14 heavy (non-hydrogen) atoms. The Morgan fingerprint density at radius 2 is 2.36 bits per heavy atom. The van der Waals surface area contributed by atoms with E-state index in [1.165, 1.54) is 0 Å². The lowest BCUT2D eigenvalue weighted by Crippen LogP contribution is -1.88. The molecule has 0 spiro atoms. The van der Waals surface area contributed by atoms with E-state index in [1.54, 1.807) is 11.3 Å². The first kappa shape index (κ1) is 9.83. The van der Waals surface area contributed by atoms with E-state index in [-0.39, 0.29) is 0 Å². The van der Waals surface area contributed by atoms with Crippen LogP contribution in [0.2, 0.25) is 5.02 Å². The van der Waals surface area contributed by atoms with E-state index < -0.39 is 0 Å². The lowest BCUT2D eigenvalue weighted by atomic mass is 10.3. The molecule has 5 heteroatoms. The van der Waals surface area contributed by atoms with E-state index in [4.69, 9.17) is 23.8 Å². The highest BCUT2D eigenvalue weighted by atomic mass is 35.5. The van der Waals surface area contributed by atoms with Crippen LogP contribution in [-0.2, 0) is 0 Å². The van der Waals surface area contributed by atoms with Gasteiger partial charge in [-0.25, -0.2) is 4.98 Å². The van der Waals surface area contributed by atoms with Gasteiger partial charge in [-0.3, -0.25) is 0 Å². The maximum Gasteiger partial charge on any atom is 0.197 e. The first-order chi connectivity index (χ1) is 6.66. The summed E-state index contributed by atoms with van der Waals surface area (Å²) in [4.78, 5) is 8.15. The smallest absolute Gasteiger partial charge is 0.197 e. The van der Waals surface area contributed by atoms with Crippen molar-refractivity contribution in [2.75, 3.05) is 0 Å². The average Bonchev–Trinajstić information content (AvgIpc) is 2.49.